The first-order chi connectivity index (χ1) is 33.7. The first-order valence-corrected chi connectivity index (χ1v) is 22.0. The molecule has 6 aromatic carbocycles. The summed E-state index contributed by atoms with van der Waals surface area (Å²) in [7, 11) is 9.82. The van der Waals surface area contributed by atoms with Crippen LogP contribution in [0.2, 0.25) is 0 Å². The first kappa shape index (κ1) is 50.0. The number of ether oxygens (including phenoxy) is 10. The van der Waals surface area contributed by atoms with Crippen molar-refractivity contribution in [1.82, 2.24) is 0 Å². The van der Waals surface area contributed by atoms with Crippen LogP contribution in [0.3, 0.4) is 0 Å². The van der Waals surface area contributed by atoms with Gasteiger partial charge in [0.25, 0.3) is 0 Å². The molecule has 6 rings (SSSR count). The highest BCUT2D eigenvalue weighted by Gasteiger charge is 2.13. The maximum Gasteiger partial charge on any atom is 0.317 e. The number of methoxy groups -OCH3 is 6. The van der Waals surface area contributed by atoms with E-state index in [0.29, 0.717) is 34.5 Å². The lowest BCUT2D eigenvalue weighted by molar-refractivity contribution is -0.155. The van der Waals surface area contributed by atoms with Crippen LogP contribution in [-0.2, 0) is 19.1 Å². The Morgan fingerprint density at radius 2 is 0.594 bits per heavy atom. The molecule has 0 radical (unpaired) electrons. The second-order valence-corrected chi connectivity index (χ2v) is 15.0. The lowest BCUT2D eigenvalue weighted by Gasteiger charge is -2.11. The van der Waals surface area contributed by atoms with Gasteiger partial charge in [0.1, 0.15) is 78.8 Å². The fourth-order valence-corrected chi connectivity index (χ4v) is 6.79. The van der Waals surface area contributed by atoms with Gasteiger partial charge in [-0.1, -0.05) is 97.1 Å². The van der Waals surface area contributed by atoms with Gasteiger partial charge in [0.2, 0.25) is 0 Å². The monoisotopic (exact) mass is 932 g/mol. The SMILES string of the molecule is COc1ccc(/C=C/c2cc(OC)c(/C=C/c3ccc(OCCOC(=O)CC(=O)OCCOc4ccc(/C=C/c5cc(OC)c(/C=C/c6ccc(OC)cc6)cc5OC)cc4)cc3)cc2OC)cc1. The molecule has 6 aromatic rings. The topological polar surface area (TPSA) is 126 Å². The largest absolute Gasteiger partial charge is 0.497 e. The van der Waals surface area contributed by atoms with E-state index in [0.717, 1.165) is 56.0 Å². The number of hydrogen-bond acceptors (Lipinski definition) is 12. The number of rotatable bonds is 24. The molecule has 0 aliphatic rings. The molecule has 0 N–H and O–H groups in total. The summed E-state index contributed by atoms with van der Waals surface area (Å²) in [6, 6.07) is 38.2. The van der Waals surface area contributed by atoms with Crippen LogP contribution in [-0.4, -0.2) is 81.0 Å². The van der Waals surface area contributed by atoms with Crippen LogP contribution < -0.4 is 37.9 Å². The van der Waals surface area contributed by atoms with Crippen LogP contribution in [0.25, 0.3) is 48.6 Å². The number of benzene rings is 6. The van der Waals surface area contributed by atoms with Crippen LogP contribution in [0, 0.1) is 0 Å². The molecule has 0 heterocycles. The standard InChI is InChI=1S/C57H56O12/c1-60-48-23-11-40(12-24-48)7-19-44-35-54(64-5)46(37-52(44)62-3)21-9-42-15-27-50(28-16-42)66-31-33-68-56(58)39-57(59)69-34-32-67-51-29-17-43(18-30-51)10-22-47-38-53(63-4)45(36-55(47)65-6)20-8-41-13-25-49(61-2)26-14-41/h7-30,35-38H,31-34,39H2,1-6H3/b19-7+,20-8+,21-9+,22-10+. The second-order valence-electron chi connectivity index (χ2n) is 15.0. The fourth-order valence-electron chi connectivity index (χ4n) is 6.79. The van der Waals surface area contributed by atoms with Crippen LogP contribution >= 0.6 is 0 Å². The first-order valence-electron chi connectivity index (χ1n) is 22.0. The third-order valence-corrected chi connectivity index (χ3v) is 10.5. The number of esters is 2. The Hall–Kier alpha value is -8.38. The summed E-state index contributed by atoms with van der Waals surface area (Å²) >= 11 is 0. The highest BCUT2D eigenvalue weighted by atomic mass is 16.6. The Kier molecular flexibility index (Phi) is 18.9. The average Bonchev–Trinajstić information content (AvgIpc) is 3.39. The van der Waals surface area contributed by atoms with Crippen molar-refractivity contribution < 1.29 is 57.0 Å². The van der Waals surface area contributed by atoms with E-state index in [1.165, 1.54) is 0 Å². The maximum atomic E-state index is 12.3. The van der Waals surface area contributed by atoms with Crippen molar-refractivity contribution in [2.24, 2.45) is 0 Å². The second kappa shape index (κ2) is 26.1. The molecule has 356 valence electrons. The van der Waals surface area contributed by atoms with Gasteiger partial charge in [-0.25, -0.2) is 0 Å². The van der Waals surface area contributed by atoms with Crippen LogP contribution in [0.4, 0.5) is 0 Å². The quantitative estimate of drug-likeness (QED) is 0.0248. The molecule has 0 fully saturated rings. The molecule has 0 unspecified atom stereocenters. The predicted molar refractivity (Wildman–Crippen MR) is 271 cm³/mol. The summed E-state index contributed by atoms with van der Waals surface area (Å²) in [5, 5.41) is 0. The molecule has 69 heavy (non-hydrogen) atoms. The van der Waals surface area contributed by atoms with Gasteiger partial charge in [0, 0.05) is 22.3 Å². The summed E-state index contributed by atoms with van der Waals surface area (Å²) in [5.74, 6) is 4.16. The van der Waals surface area contributed by atoms with Crippen molar-refractivity contribution in [2.75, 3.05) is 69.1 Å². The molecule has 0 spiro atoms. The fraction of sp³-hybridized carbons (Fsp3) is 0.193. The average molecular weight is 933 g/mol. The third kappa shape index (κ3) is 15.3. The van der Waals surface area contributed by atoms with Gasteiger partial charge in [0.05, 0.1) is 42.7 Å². The van der Waals surface area contributed by atoms with Crippen LogP contribution in [0.1, 0.15) is 50.9 Å². The molecule has 0 saturated carbocycles. The van der Waals surface area contributed by atoms with Crippen molar-refractivity contribution in [3.05, 3.63) is 166 Å². The normalized spacial score (nSPS) is 11.2. The highest BCUT2D eigenvalue weighted by molar-refractivity contribution is 5.91. The van der Waals surface area contributed by atoms with E-state index < -0.39 is 18.4 Å². The van der Waals surface area contributed by atoms with Crippen LogP contribution in [0.5, 0.6) is 46.0 Å². The molecule has 12 heteroatoms. The zero-order valence-corrected chi connectivity index (χ0v) is 39.6. The molecule has 0 saturated heterocycles. The van der Waals surface area contributed by atoms with Crippen molar-refractivity contribution in [2.45, 2.75) is 6.42 Å². The Labute approximate surface area is 403 Å². The summed E-state index contributed by atoms with van der Waals surface area (Å²) in [6.45, 7) is 0.142. The lowest BCUT2D eigenvalue weighted by atomic mass is 10.1. The molecular formula is C57H56O12. The summed E-state index contributed by atoms with van der Waals surface area (Å²) in [5.41, 5.74) is 7.35. The van der Waals surface area contributed by atoms with E-state index in [1.54, 1.807) is 42.7 Å². The van der Waals surface area contributed by atoms with Crippen molar-refractivity contribution in [3.8, 4) is 46.0 Å². The zero-order chi connectivity index (χ0) is 48.8. The molecule has 0 aliphatic carbocycles. The molecular weight excluding hydrogens is 877 g/mol. The Bertz CT molecular complexity index is 2530. The molecule has 0 bridgehead atoms. The van der Waals surface area contributed by atoms with Crippen LogP contribution in [0.15, 0.2) is 121 Å². The van der Waals surface area contributed by atoms with Crippen molar-refractivity contribution in [3.63, 3.8) is 0 Å². The minimum absolute atomic E-state index is 0.0351. The van der Waals surface area contributed by atoms with E-state index in [4.69, 9.17) is 47.4 Å². The summed E-state index contributed by atoms with van der Waals surface area (Å²) < 4.78 is 55.1. The molecule has 12 nitrogen and oxygen atoms in total. The van der Waals surface area contributed by atoms with Gasteiger partial charge in [-0.3, -0.25) is 9.59 Å². The van der Waals surface area contributed by atoms with Gasteiger partial charge in [-0.05, 0) is 95.1 Å². The number of carbonyl (C=O) groups is 2. The van der Waals surface area contributed by atoms with Gasteiger partial charge in [0.15, 0.2) is 0 Å². The van der Waals surface area contributed by atoms with E-state index in [9.17, 15) is 9.59 Å². The number of carbonyl (C=O) groups excluding carboxylic acids is 2. The van der Waals surface area contributed by atoms with Gasteiger partial charge in [-0.15, -0.1) is 0 Å². The minimum atomic E-state index is -0.712. The van der Waals surface area contributed by atoms with Crippen molar-refractivity contribution in [1.29, 1.82) is 0 Å². The summed E-state index contributed by atoms with van der Waals surface area (Å²) in [6.07, 6.45) is 15.3. The van der Waals surface area contributed by atoms with Gasteiger partial charge in [-0.2, -0.15) is 0 Å². The Morgan fingerprint density at radius 1 is 0.333 bits per heavy atom. The molecule has 0 aromatic heterocycles. The minimum Gasteiger partial charge on any atom is -0.497 e. The van der Waals surface area contributed by atoms with E-state index in [-0.39, 0.29) is 26.4 Å². The number of hydrogen-bond donors (Lipinski definition) is 0. The molecule has 0 aliphatic heterocycles. The predicted octanol–water partition coefficient (Wildman–Crippen LogP) is 11.4. The summed E-state index contributed by atoms with van der Waals surface area (Å²) in [4.78, 5) is 24.5. The smallest absolute Gasteiger partial charge is 0.317 e. The van der Waals surface area contributed by atoms with E-state index in [1.807, 2.05) is 170 Å². The highest BCUT2D eigenvalue weighted by Crippen LogP contribution is 2.34. The maximum absolute atomic E-state index is 12.3. The van der Waals surface area contributed by atoms with Gasteiger partial charge >= 0.3 is 11.9 Å². The third-order valence-electron chi connectivity index (χ3n) is 10.5. The zero-order valence-electron chi connectivity index (χ0n) is 39.6. The Balaban J connectivity index is 0.876. The van der Waals surface area contributed by atoms with Crippen molar-refractivity contribution >= 4 is 60.5 Å². The lowest BCUT2D eigenvalue weighted by Crippen LogP contribution is -2.18. The van der Waals surface area contributed by atoms with E-state index in [2.05, 4.69) is 0 Å². The van der Waals surface area contributed by atoms with Gasteiger partial charge < -0.3 is 47.4 Å². The molecule has 0 atom stereocenters. The van der Waals surface area contributed by atoms with E-state index >= 15 is 0 Å². The molecule has 0 amide bonds. The Morgan fingerprint density at radius 3 is 0.841 bits per heavy atom.